The number of pyridine rings is 1. The van der Waals surface area contributed by atoms with E-state index in [0.717, 1.165) is 6.42 Å². The number of fused-ring (bicyclic) bond motifs is 1. The van der Waals surface area contributed by atoms with Gasteiger partial charge in [-0.1, -0.05) is 17.7 Å². The summed E-state index contributed by atoms with van der Waals surface area (Å²) in [4.78, 5) is 28.6. The number of piperidine rings is 1. The van der Waals surface area contributed by atoms with Crippen LogP contribution in [-0.2, 0) is 16.1 Å². The molecule has 1 aromatic rings. The van der Waals surface area contributed by atoms with Crippen LogP contribution in [0.25, 0.3) is 0 Å². The van der Waals surface area contributed by atoms with Crippen molar-refractivity contribution in [2.75, 3.05) is 0 Å². The van der Waals surface area contributed by atoms with Gasteiger partial charge < -0.3 is 0 Å². The highest BCUT2D eigenvalue weighted by Gasteiger charge is 2.58. The molecule has 4 nitrogen and oxygen atoms in total. The van der Waals surface area contributed by atoms with E-state index in [2.05, 4.69) is 4.98 Å². The molecule has 82 valence electrons. The number of likely N-dealkylation sites (tertiary alicyclic amines) is 1. The first-order chi connectivity index (χ1) is 7.68. The highest BCUT2D eigenvalue weighted by atomic mass is 35.5. The minimum Gasteiger partial charge on any atom is -0.277 e. The van der Waals surface area contributed by atoms with Crippen LogP contribution in [0.2, 0.25) is 5.15 Å². The summed E-state index contributed by atoms with van der Waals surface area (Å²) in [7, 11) is 0. The molecule has 3 rings (SSSR count). The smallest absolute Gasteiger partial charge is 0.233 e. The van der Waals surface area contributed by atoms with E-state index in [1.54, 1.807) is 18.3 Å². The van der Waals surface area contributed by atoms with E-state index in [4.69, 9.17) is 11.6 Å². The molecule has 1 saturated carbocycles. The summed E-state index contributed by atoms with van der Waals surface area (Å²) in [5.41, 5.74) is 0.715. The minimum absolute atomic E-state index is 0.0528. The zero-order valence-corrected chi connectivity index (χ0v) is 9.15. The van der Waals surface area contributed by atoms with Crippen LogP contribution < -0.4 is 0 Å². The standard InChI is InChI=1S/C11H9ClN2O2/c12-9-6(2-1-3-13-9)5-14-10(15)7-4-8(7)11(14)16/h1-3,7-8H,4-5H2. The molecule has 0 radical (unpaired) electrons. The molecule has 2 unspecified atom stereocenters. The Morgan fingerprint density at radius 1 is 1.38 bits per heavy atom. The third kappa shape index (κ3) is 1.33. The summed E-state index contributed by atoms with van der Waals surface area (Å²) in [5.74, 6) is -0.226. The van der Waals surface area contributed by atoms with Gasteiger partial charge in [-0.05, 0) is 12.5 Å². The third-order valence-electron chi connectivity index (χ3n) is 3.12. The molecule has 2 amide bonds. The molecule has 16 heavy (non-hydrogen) atoms. The molecule has 0 N–H and O–H groups in total. The number of hydrogen-bond acceptors (Lipinski definition) is 3. The predicted octanol–water partition coefficient (Wildman–Crippen LogP) is 1.24. The topological polar surface area (TPSA) is 50.3 Å². The van der Waals surface area contributed by atoms with E-state index in [9.17, 15) is 9.59 Å². The van der Waals surface area contributed by atoms with Crippen molar-refractivity contribution in [2.45, 2.75) is 13.0 Å². The van der Waals surface area contributed by atoms with Gasteiger partial charge in [0.1, 0.15) is 5.15 Å². The molecule has 2 fully saturated rings. The Bertz CT molecular complexity index is 469. The molecule has 1 aliphatic carbocycles. The number of aromatic nitrogens is 1. The Kier molecular flexibility index (Phi) is 2.01. The van der Waals surface area contributed by atoms with Crippen LogP contribution in [-0.4, -0.2) is 21.7 Å². The van der Waals surface area contributed by atoms with Gasteiger partial charge in [-0.2, -0.15) is 0 Å². The molecule has 0 aromatic carbocycles. The lowest BCUT2D eigenvalue weighted by Gasteiger charge is -2.16. The van der Waals surface area contributed by atoms with Gasteiger partial charge in [0.15, 0.2) is 0 Å². The van der Waals surface area contributed by atoms with Gasteiger partial charge in [-0.25, -0.2) is 4.98 Å². The highest BCUT2D eigenvalue weighted by molar-refractivity contribution is 6.30. The summed E-state index contributed by atoms with van der Waals surface area (Å²) < 4.78 is 0. The molecule has 0 spiro atoms. The van der Waals surface area contributed by atoms with Gasteiger partial charge in [0.25, 0.3) is 0 Å². The van der Waals surface area contributed by atoms with Crippen molar-refractivity contribution in [2.24, 2.45) is 11.8 Å². The van der Waals surface area contributed by atoms with Gasteiger partial charge in [-0.15, -0.1) is 0 Å². The van der Waals surface area contributed by atoms with Gasteiger partial charge in [0.2, 0.25) is 11.8 Å². The molecular weight excluding hydrogens is 228 g/mol. The number of nitrogens with zero attached hydrogens (tertiary/aromatic N) is 2. The van der Waals surface area contributed by atoms with Crippen molar-refractivity contribution >= 4 is 23.4 Å². The van der Waals surface area contributed by atoms with E-state index >= 15 is 0 Å². The van der Waals surface area contributed by atoms with Crippen molar-refractivity contribution < 1.29 is 9.59 Å². The molecule has 0 bridgehead atoms. The fourth-order valence-corrected chi connectivity index (χ4v) is 2.29. The Balaban J connectivity index is 1.83. The second-order valence-corrected chi connectivity index (χ2v) is 4.52. The lowest BCUT2D eigenvalue weighted by atomic mass is 10.2. The maximum absolute atomic E-state index is 11.7. The maximum atomic E-state index is 11.7. The number of hydrogen-bond donors (Lipinski definition) is 0. The van der Waals surface area contributed by atoms with Gasteiger partial charge in [-0.3, -0.25) is 14.5 Å². The Morgan fingerprint density at radius 3 is 2.69 bits per heavy atom. The second-order valence-electron chi connectivity index (χ2n) is 4.16. The maximum Gasteiger partial charge on any atom is 0.233 e. The van der Waals surface area contributed by atoms with E-state index in [1.807, 2.05) is 0 Å². The van der Waals surface area contributed by atoms with E-state index in [-0.39, 0.29) is 30.2 Å². The third-order valence-corrected chi connectivity index (χ3v) is 3.46. The van der Waals surface area contributed by atoms with E-state index in [1.165, 1.54) is 4.90 Å². The summed E-state index contributed by atoms with van der Waals surface area (Å²) in [6, 6.07) is 3.52. The first-order valence-electron chi connectivity index (χ1n) is 5.13. The van der Waals surface area contributed by atoms with Crippen LogP contribution in [0.5, 0.6) is 0 Å². The number of amides is 2. The summed E-state index contributed by atoms with van der Waals surface area (Å²) in [5, 5.41) is 0.351. The average Bonchev–Trinajstić information content (AvgIpc) is 3.02. The zero-order chi connectivity index (χ0) is 11.3. The van der Waals surface area contributed by atoms with Crippen molar-refractivity contribution in [3.05, 3.63) is 29.0 Å². The highest BCUT2D eigenvalue weighted by Crippen LogP contribution is 2.47. The van der Waals surface area contributed by atoms with Crippen molar-refractivity contribution in [3.8, 4) is 0 Å². The minimum atomic E-state index is -0.0603. The van der Waals surface area contributed by atoms with Crippen molar-refractivity contribution in [3.63, 3.8) is 0 Å². The largest absolute Gasteiger partial charge is 0.277 e. The summed E-state index contributed by atoms with van der Waals surface area (Å²) in [6.45, 7) is 0.247. The molecule has 1 saturated heterocycles. The van der Waals surface area contributed by atoms with Gasteiger partial charge in [0.05, 0.1) is 18.4 Å². The monoisotopic (exact) mass is 236 g/mol. The molecule has 2 heterocycles. The second kappa shape index (κ2) is 3.28. The first-order valence-corrected chi connectivity index (χ1v) is 5.51. The van der Waals surface area contributed by atoms with Crippen molar-refractivity contribution in [1.82, 2.24) is 9.88 Å². The SMILES string of the molecule is O=C1C2CC2C(=O)N1Cc1cccnc1Cl. The number of carbonyl (C=O) groups excluding carboxylic acids is 2. The molecule has 5 heteroatoms. The lowest BCUT2D eigenvalue weighted by Crippen LogP contribution is -2.32. The molecule has 1 aromatic heterocycles. The van der Waals surface area contributed by atoms with Crippen LogP contribution in [0.3, 0.4) is 0 Å². The van der Waals surface area contributed by atoms with Crippen LogP contribution >= 0.6 is 11.6 Å². The number of imide groups is 1. The van der Waals surface area contributed by atoms with E-state index in [0.29, 0.717) is 10.7 Å². The molecule has 1 aliphatic heterocycles. The fourth-order valence-electron chi connectivity index (χ4n) is 2.11. The lowest BCUT2D eigenvalue weighted by molar-refractivity contribution is -0.142. The summed E-state index contributed by atoms with van der Waals surface area (Å²) in [6.07, 6.45) is 2.31. The number of carbonyl (C=O) groups is 2. The zero-order valence-electron chi connectivity index (χ0n) is 8.39. The van der Waals surface area contributed by atoms with Crippen LogP contribution in [0, 0.1) is 11.8 Å². The normalized spacial score (nSPS) is 27.2. The Labute approximate surface area is 97.2 Å². The molecule has 2 atom stereocenters. The van der Waals surface area contributed by atoms with E-state index < -0.39 is 0 Å². The van der Waals surface area contributed by atoms with Crippen molar-refractivity contribution in [1.29, 1.82) is 0 Å². The van der Waals surface area contributed by atoms with Crippen LogP contribution in [0.15, 0.2) is 18.3 Å². The summed E-state index contributed by atoms with van der Waals surface area (Å²) >= 11 is 5.89. The quantitative estimate of drug-likeness (QED) is 0.574. The van der Waals surface area contributed by atoms with Gasteiger partial charge in [0, 0.05) is 11.8 Å². The Morgan fingerprint density at radius 2 is 2.06 bits per heavy atom. The first kappa shape index (κ1) is 9.78. The number of rotatable bonds is 2. The average molecular weight is 237 g/mol. The number of halogens is 1. The van der Waals surface area contributed by atoms with Crippen LogP contribution in [0.4, 0.5) is 0 Å². The fraction of sp³-hybridized carbons (Fsp3) is 0.364. The predicted molar refractivity (Wildman–Crippen MR) is 56.4 cm³/mol. The van der Waals surface area contributed by atoms with Gasteiger partial charge >= 0.3 is 0 Å². The Hall–Kier alpha value is -1.42. The molecular formula is C11H9ClN2O2. The van der Waals surface area contributed by atoms with Crippen LogP contribution in [0.1, 0.15) is 12.0 Å². The molecule has 2 aliphatic rings.